The van der Waals surface area contributed by atoms with Gasteiger partial charge in [0.2, 0.25) is 0 Å². The molecule has 2 N–H and O–H groups in total. The number of ether oxygens (including phenoxy) is 2. The van der Waals surface area contributed by atoms with E-state index in [-0.39, 0.29) is 18.1 Å². The maximum atomic E-state index is 9.37. The van der Waals surface area contributed by atoms with Crippen molar-refractivity contribution < 1.29 is 14.6 Å². The molecule has 0 saturated heterocycles. The van der Waals surface area contributed by atoms with Crippen LogP contribution in [-0.2, 0) is 0 Å². The molecule has 4 heteroatoms. The van der Waals surface area contributed by atoms with Crippen molar-refractivity contribution in [3.05, 3.63) is 23.3 Å². The van der Waals surface area contributed by atoms with Crippen molar-refractivity contribution >= 4 is 0 Å². The van der Waals surface area contributed by atoms with Gasteiger partial charge in [-0.3, -0.25) is 0 Å². The minimum absolute atomic E-state index is 0.124. The van der Waals surface area contributed by atoms with Gasteiger partial charge in [-0.15, -0.1) is 0 Å². The standard InChI is InChI=1S/C16H25NO3/c1-11-7-14(19-3)15(20-4)8-13(11)12(2)17-9-16(10-18)5-6-16/h7-8,12,17-18H,5-6,9-10H2,1-4H3. The number of methoxy groups -OCH3 is 2. The van der Waals surface area contributed by atoms with Gasteiger partial charge < -0.3 is 19.9 Å². The third-order valence-corrected chi connectivity index (χ3v) is 4.31. The summed E-state index contributed by atoms with van der Waals surface area (Å²) in [7, 11) is 3.30. The van der Waals surface area contributed by atoms with Gasteiger partial charge in [0, 0.05) is 24.6 Å². The summed E-state index contributed by atoms with van der Waals surface area (Å²) in [5.41, 5.74) is 2.51. The highest BCUT2D eigenvalue weighted by Crippen LogP contribution is 2.44. The number of aliphatic hydroxyl groups is 1. The van der Waals surface area contributed by atoms with Crippen molar-refractivity contribution in [2.45, 2.75) is 32.7 Å². The van der Waals surface area contributed by atoms with Crippen LogP contribution in [0, 0.1) is 12.3 Å². The van der Waals surface area contributed by atoms with E-state index < -0.39 is 0 Å². The maximum absolute atomic E-state index is 9.37. The molecule has 1 atom stereocenters. The lowest BCUT2D eigenvalue weighted by Gasteiger charge is -2.21. The first-order valence-corrected chi connectivity index (χ1v) is 7.12. The Balaban J connectivity index is 2.10. The second-order valence-electron chi connectivity index (χ2n) is 5.82. The molecule has 0 spiro atoms. The molecule has 0 radical (unpaired) electrons. The van der Waals surface area contributed by atoms with E-state index >= 15 is 0 Å². The zero-order valence-corrected chi connectivity index (χ0v) is 12.8. The van der Waals surface area contributed by atoms with Crippen LogP contribution in [0.25, 0.3) is 0 Å². The van der Waals surface area contributed by atoms with Gasteiger partial charge in [0.05, 0.1) is 14.2 Å². The van der Waals surface area contributed by atoms with Gasteiger partial charge in [0.25, 0.3) is 0 Å². The summed E-state index contributed by atoms with van der Waals surface area (Å²) < 4.78 is 10.7. The van der Waals surface area contributed by atoms with E-state index in [0.717, 1.165) is 30.9 Å². The van der Waals surface area contributed by atoms with E-state index in [1.807, 2.05) is 12.1 Å². The lowest BCUT2D eigenvalue weighted by Crippen LogP contribution is -2.29. The topological polar surface area (TPSA) is 50.7 Å². The molecule has 1 aromatic carbocycles. The fourth-order valence-electron chi connectivity index (χ4n) is 2.51. The second-order valence-corrected chi connectivity index (χ2v) is 5.82. The largest absolute Gasteiger partial charge is 0.493 e. The third-order valence-electron chi connectivity index (χ3n) is 4.31. The summed E-state index contributed by atoms with van der Waals surface area (Å²) in [5, 5.41) is 12.9. The van der Waals surface area contributed by atoms with Gasteiger partial charge in [0.1, 0.15) is 0 Å². The molecular weight excluding hydrogens is 254 g/mol. The minimum atomic E-state index is 0.124. The summed E-state index contributed by atoms with van der Waals surface area (Å²) in [6.07, 6.45) is 2.24. The Hall–Kier alpha value is -1.26. The summed E-state index contributed by atoms with van der Waals surface area (Å²) in [4.78, 5) is 0. The lowest BCUT2D eigenvalue weighted by atomic mass is 10.00. The highest BCUT2D eigenvalue weighted by Gasteiger charge is 2.41. The van der Waals surface area contributed by atoms with Crippen molar-refractivity contribution in [2.75, 3.05) is 27.4 Å². The van der Waals surface area contributed by atoms with E-state index in [9.17, 15) is 5.11 Å². The predicted octanol–water partition coefficient (Wildman–Crippen LogP) is 2.44. The average Bonchev–Trinajstić information content (AvgIpc) is 3.25. The molecule has 1 aliphatic rings. The second kappa shape index (κ2) is 6.02. The number of aliphatic hydroxyl groups excluding tert-OH is 1. The zero-order valence-electron chi connectivity index (χ0n) is 12.8. The molecule has 0 heterocycles. The fraction of sp³-hybridized carbons (Fsp3) is 0.625. The Morgan fingerprint density at radius 3 is 2.35 bits per heavy atom. The van der Waals surface area contributed by atoms with Gasteiger partial charge >= 0.3 is 0 Å². The average molecular weight is 279 g/mol. The Labute approximate surface area is 121 Å². The smallest absolute Gasteiger partial charge is 0.161 e. The summed E-state index contributed by atoms with van der Waals surface area (Å²) >= 11 is 0. The van der Waals surface area contributed by atoms with Crippen LogP contribution in [0.3, 0.4) is 0 Å². The van der Waals surface area contributed by atoms with Gasteiger partial charge in [-0.2, -0.15) is 0 Å². The van der Waals surface area contributed by atoms with E-state index in [4.69, 9.17) is 9.47 Å². The van der Waals surface area contributed by atoms with Crippen LogP contribution >= 0.6 is 0 Å². The molecule has 1 unspecified atom stereocenters. The number of rotatable bonds is 7. The molecular formula is C16H25NO3. The van der Waals surface area contributed by atoms with E-state index in [2.05, 4.69) is 19.2 Å². The van der Waals surface area contributed by atoms with Crippen molar-refractivity contribution in [1.29, 1.82) is 0 Å². The van der Waals surface area contributed by atoms with Gasteiger partial charge in [-0.1, -0.05) is 0 Å². The Bertz CT molecular complexity index is 469. The third kappa shape index (κ3) is 3.07. The number of hydrogen-bond acceptors (Lipinski definition) is 4. The molecule has 0 aromatic heterocycles. The number of aryl methyl sites for hydroxylation is 1. The van der Waals surface area contributed by atoms with Crippen molar-refractivity contribution in [1.82, 2.24) is 5.32 Å². The Morgan fingerprint density at radius 1 is 1.25 bits per heavy atom. The van der Waals surface area contributed by atoms with Crippen LogP contribution < -0.4 is 14.8 Å². The molecule has 0 bridgehead atoms. The predicted molar refractivity (Wildman–Crippen MR) is 79.5 cm³/mol. The SMILES string of the molecule is COc1cc(C)c(C(C)NCC2(CO)CC2)cc1OC. The minimum Gasteiger partial charge on any atom is -0.493 e. The quantitative estimate of drug-likeness (QED) is 0.805. The lowest BCUT2D eigenvalue weighted by molar-refractivity contribution is 0.204. The molecule has 20 heavy (non-hydrogen) atoms. The van der Waals surface area contributed by atoms with Gasteiger partial charge in [0.15, 0.2) is 11.5 Å². The molecule has 1 saturated carbocycles. The Kier molecular flexibility index (Phi) is 4.55. The normalized spacial score (nSPS) is 17.6. The van der Waals surface area contributed by atoms with Crippen LogP contribution in [0.1, 0.15) is 36.9 Å². The van der Waals surface area contributed by atoms with E-state index in [1.165, 1.54) is 11.1 Å². The monoisotopic (exact) mass is 279 g/mol. The molecule has 1 fully saturated rings. The van der Waals surface area contributed by atoms with E-state index in [0.29, 0.717) is 0 Å². The maximum Gasteiger partial charge on any atom is 0.161 e. The zero-order chi connectivity index (χ0) is 14.8. The number of hydrogen-bond donors (Lipinski definition) is 2. The summed E-state index contributed by atoms with van der Waals surface area (Å²) in [6, 6.07) is 4.26. The fourth-order valence-corrected chi connectivity index (χ4v) is 2.51. The van der Waals surface area contributed by atoms with Gasteiger partial charge in [-0.05, 0) is 49.9 Å². The van der Waals surface area contributed by atoms with Crippen molar-refractivity contribution in [3.63, 3.8) is 0 Å². The molecule has 2 rings (SSSR count). The van der Waals surface area contributed by atoms with Gasteiger partial charge in [-0.25, -0.2) is 0 Å². The molecule has 1 aliphatic carbocycles. The Morgan fingerprint density at radius 2 is 1.85 bits per heavy atom. The van der Waals surface area contributed by atoms with Crippen LogP contribution in [0.4, 0.5) is 0 Å². The van der Waals surface area contributed by atoms with E-state index in [1.54, 1.807) is 14.2 Å². The summed E-state index contributed by atoms with van der Waals surface area (Å²) in [5.74, 6) is 1.51. The number of nitrogens with one attached hydrogen (secondary N) is 1. The first kappa shape index (κ1) is 15.1. The molecule has 0 amide bonds. The van der Waals surface area contributed by atoms with Crippen LogP contribution in [0.2, 0.25) is 0 Å². The number of benzene rings is 1. The highest BCUT2D eigenvalue weighted by molar-refractivity contribution is 5.48. The summed E-state index contributed by atoms with van der Waals surface area (Å²) in [6.45, 7) is 5.35. The molecule has 0 aliphatic heterocycles. The molecule has 1 aromatic rings. The first-order valence-electron chi connectivity index (χ1n) is 7.12. The van der Waals surface area contributed by atoms with Crippen LogP contribution in [0.15, 0.2) is 12.1 Å². The van der Waals surface area contributed by atoms with Crippen LogP contribution in [-0.4, -0.2) is 32.5 Å². The van der Waals surface area contributed by atoms with Crippen molar-refractivity contribution in [3.8, 4) is 11.5 Å². The highest BCUT2D eigenvalue weighted by atomic mass is 16.5. The molecule has 112 valence electrons. The molecule has 4 nitrogen and oxygen atoms in total. The van der Waals surface area contributed by atoms with Crippen molar-refractivity contribution in [2.24, 2.45) is 5.41 Å². The first-order chi connectivity index (χ1) is 9.55. The van der Waals surface area contributed by atoms with Crippen LogP contribution in [0.5, 0.6) is 11.5 Å².